The van der Waals surface area contributed by atoms with Gasteiger partial charge in [-0.25, -0.2) is 14.5 Å². The number of hydrogen-bond acceptors (Lipinski definition) is 9. The molecule has 7 heterocycles. The summed E-state index contributed by atoms with van der Waals surface area (Å²) in [5.74, 6) is 2.24. The minimum absolute atomic E-state index is 0.214. The highest BCUT2D eigenvalue weighted by atomic mass is 16.5. The molecule has 5 aromatic rings. The van der Waals surface area contributed by atoms with Crippen LogP contribution in [0.1, 0.15) is 11.1 Å². The van der Waals surface area contributed by atoms with Crippen LogP contribution in [-0.2, 0) is 13.6 Å². The third kappa shape index (κ3) is 4.19. The first kappa shape index (κ1) is 24.1. The van der Waals surface area contributed by atoms with Crippen molar-refractivity contribution in [1.82, 2.24) is 34.3 Å². The number of aromatic nitrogens is 6. The standard InChI is InChI=1S/C29H27N9O2/c1-35-15-23(13-33-35)21-7-25(28-22(9-30)12-34-38(28)16-21)20-8-26-29(32-11-20)37-6-5-36(17-24(37)18-40-26)14-19-3-4-27(39-2)31-10-19/h3-4,7-8,10-13,15-16,24H,5-6,14,17-18H2,1-2H3/t24-/m1/s1. The molecule has 7 rings (SSSR count). The summed E-state index contributed by atoms with van der Waals surface area (Å²) in [6.07, 6.45) is 11.0. The number of fused-ring (bicyclic) bond motifs is 4. The lowest BCUT2D eigenvalue weighted by Gasteiger charge is -2.44. The number of methoxy groups -OCH3 is 1. The van der Waals surface area contributed by atoms with E-state index in [1.165, 1.54) is 0 Å². The number of aryl methyl sites for hydroxylation is 1. The Morgan fingerprint density at radius 2 is 1.95 bits per heavy atom. The van der Waals surface area contributed by atoms with Crippen molar-refractivity contribution in [2.45, 2.75) is 12.6 Å². The third-order valence-electron chi connectivity index (χ3n) is 7.60. The molecule has 1 saturated heterocycles. The van der Waals surface area contributed by atoms with E-state index in [4.69, 9.17) is 14.5 Å². The molecule has 200 valence electrons. The second-order valence-corrected chi connectivity index (χ2v) is 10.2. The van der Waals surface area contributed by atoms with Gasteiger partial charge in [0, 0.05) is 86.3 Å². The molecule has 0 radical (unpaired) electrons. The molecule has 2 aliphatic heterocycles. The van der Waals surface area contributed by atoms with E-state index in [-0.39, 0.29) is 6.04 Å². The van der Waals surface area contributed by atoms with Gasteiger partial charge in [-0.3, -0.25) is 9.58 Å². The van der Waals surface area contributed by atoms with Crippen molar-refractivity contribution in [1.29, 1.82) is 5.26 Å². The van der Waals surface area contributed by atoms with E-state index in [1.54, 1.807) is 22.5 Å². The van der Waals surface area contributed by atoms with Crippen molar-refractivity contribution in [3.8, 4) is 40.0 Å². The van der Waals surface area contributed by atoms with Gasteiger partial charge in [-0.05, 0) is 17.7 Å². The Bertz CT molecular complexity index is 1750. The smallest absolute Gasteiger partial charge is 0.212 e. The number of ether oxygens (including phenoxy) is 2. The average molecular weight is 534 g/mol. The van der Waals surface area contributed by atoms with Crippen LogP contribution in [0.3, 0.4) is 0 Å². The molecule has 0 saturated carbocycles. The van der Waals surface area contributed by atoms with Crippen LogP contribution in [0.4, 0.5) is 5.82 Å². The van der Waals surface area contributed by atoms with E-state index in [0.29, 0.717) is 18.1 Å². The summed E-state index contributed by atoms with van der Waals surface area (Å²) in [5, 5.41) is 18.5. The van der Waals surface area contributed by atoms with E-state index >= 15 is 0 Å². The van der Waals surface area contributed by atoms with Crippen LogP contribution in [0.25, 0.3) is 27.8 Å². The Morgan fingerprint density at radius 1 is 1.02 bits per heavy atom. The van der Waals surface area contributed by atoms with Crippen molar-refractivity contribution < 1.29 is 9.47 Å². The lowest BCUT2D eigenvalue weighted by Crippen LogP contribution is -2.57. The molecule has 2 aliphatic rings. The van der Waals surface area contributed by atoms with Crippen LogP contribution in [0.2, 0.25) is 0 Å². The molecule has 0 amide bonds. The van der Waals surface area contributed by atoms with Gasteiger partial charge in [0.15, 0.2) is 11.6 Å². The molecule has 40 heavy (non-hydrogen) atoms. The zero-order valence-corrected chi connectivity index (χ0v) is 22.2. The molecule has 1 fully saturated rings. The molecule has 0 aliphatic carbocycles. The predicted molar refractivity (Wildman–Crippen MR) is 148 cm³/mol. The Kier molecular flexibility index (Phi) is 5.82. The quantitative estimate of drug-likeness (QED) is 0.336. The van der Waals surface area contributed by atoms with Gasteiger partial charge in [0.2, 0.25) is 5.88 Å². The number of anilines is 1. The molecular weight excluding hydrogens is 506 g/mol. The SMILES string of the molecule is COc1ccc(CN2CCN3c4ncc(-c5cc(-c6cnn(C)c6)cn6ncc(C#N)c56)cc4OC[C@H]3C2)cn1. The molecule has 0 N–H and O–H groups in total. The van der Waals surface area contributed by atoms with Gasteiger partial charge in [-0.1, -0.05) is 6.07 Å². The van der Waals surface area contributed by atoms with Gasteiger partial charge in [-0.15, -0.1) is 0 Å². The zero-order valence-electron chi connectivity index (χ0n) is 22.2. The summed E-state index contributed by atoms with van der Waals surface area (Å²) in [7, 11) is 3.51. The fourth-order valence-electron chi connectivity index (χ4n) is 5.61. The van der Waals surface area contributed by atoms with Crippen molar-refractivity contribution in [2.75, 3.05) is 38.3 Å². The summed E-state index contributed by atoms with van der Waals surface area (Å²) in [5.41, 5.74) is 6.07. The Hall–Kier alpha value is -4.95. The molecule has 11 nitrogen and oxygen atoms in total. The molecular formula is C29H27N9O2. The number of rotatable bonds is 5. The molecule has 5 aromatic heterocycles. The summed E-state index contributed by atoms with van der Waals surface area (Å²) >= 11 is 0. The predicted octanol–water partition coefficient (Wildman–Crippen LogP) is 3.16. The third-order valence-corrected chi connectivity index (χ3v) is 7.60. The van der Waals surface area contributed by atoms with Crippen molar-refractivity contribution >= 4 is 11.3 Å². The minimum atomic E-state index is 0.214. The van der Waals surface area contributed by atoms with Crippen LogP contribution < -0.4 is 14.4 Å². The van der Waals surface area contributed by atoms with Gasteiger partial charge in [0.25, 0.3) is 0 Å². The Morgan fingerprint density at radius 3 is 2.73 bits per heavy atom. The van der Waals surface area contributed by atoms with Crippen LogP contribution in [-0.4, -0.2) is 73.7 Å². The van der Waals surface area contributed by atoms with Crippen LogP contribution in [0.15, 0.2) is 61.4 Å². The second-order valence-electron chi connectivity index (χ2n) is 10.2. The van der Waals surface area contributed by atoms with Gasteiger partial charge in [-0.2, -0.15) is 15.5 Å². The number of pyridine rings is 3. The molecule has 0 unspecified atom stereocenters. The first-order valence-corrected chi connectivity index (χ1v) is 13.1. The first-order chi connectivity index (χ1) is 19.6. The molecule has 0 aromatic carbocycles. The topological polar surface area (TPSA) is 110 Å². The maximum absolute atomic E-state index is 9.77. The van der Waals surface area contributed by atoms with Gasteiger partial charge < -0.3 is 14.4 Å². The fourth-order valence-corrected chi connectivity index (χ4v) is 5.61. The number of nitriles is 1. The molecule has 11 heteroatoms. The van der Waals surface area contributed by atoms with Crippen molar-refractivity contribution in [3.63, 3.8) is 0 Å². The van der Waals surface area contributed by atoms with E-state index in [9.17, 15) is 5.26 Å². The lowest BCUT2D eigenvalue weighted by atomic mass is 10.0. The van der Waals surface area contributed by atoms with Crippen LogP contribution in [0, 0.1) is 11.3 Å². The maximum atomic E-state index is 9.77. The van der Waals surface area contributed by atoms with E-state index < -0.39 is 0 Å². The highest BCUT2D eigenvalue weighted by molar-refractivity contribution is 5.88. The highest BCUT2D eigenvalue weighted by Gasteiger charge is 2.34. The maximum Gasteiger partial charge on any atom is 0.212 e. The number of hydrogen-bond donors (Lipinski definition) is 0. The van der Waals surface area contributed by atoms with Crippen molar-refractivity contribution in [2.24, 2.45) is 7.05 Å². The van der Waals surface area contributed by atoms with Gasteiger partial charge in [0.1, 0.15) is 12.7 Å². The lowest BCUT2D eigenvalue weighted by molar-refractivity contribution is 0.160. The fraction of sp³-hybridized carbons (Fsp3) is 0.276. The van der Waals surface area contributed by atoms with Crippen LogP contribution >= 0.6 is 0 Å². The Balaban J connectivity index is 1.17. The summed E-state index contributed by atoms with van der Waals surface area (Å²) in [6.45, 7) is 4.07. The minimum Gasteiger partial charge on any atom is -0.487 e. The molecule has 1 atom stereocenters. The molecule has 0 bridgehead atoms. The largest absolute Gasteiger partial charge is 0.487 e. The monoisotopic (exact) mass is 533 g/mol. The number of piperazine rings is 1. The highest BCUT2D eigenvalue weighted by Crippen LogP contribution is 2.39. The summed E-state index contributed by atoms with van der Waals surface area (Å²) < 4.78 is 15.0. The summed E-state index contributed by atoms with van der Waals surface area (Å²) in [6, 6.07) is 10.5. The first-order valence-electron chi connectivity index (χ1n) is 13.1. The second kappa shape index (κ2) is 9.66. The summed E-state index contributed by atoms with van der Waals surface area (Å²) in [4.78, 5) is 14.0. The van der Waals surface area contributed by atoms with Crippen molar-refractivity contribution in [3.05, 3.63) is 72.6 Å². The number of nitrogens with zero attached hydrogens (tertiary/aromatic N) is 9. The average Bonchev–Trinajstić information content (AvgIpc) is 3.62. The molecule has 0 spiro atoms. The van der Waals surface area contributed by atoms with Gasteiger partial charge >= 0.3 is 0 Å². The van der Waals surface area contributed by atoms with E-state index in [2.05, 4.69) is 43.2 Å². The Labute approximate surface area is 230 Å². The van der Waals surface area contributed by atoms with E-state index in [1.807, 2.05) is 50.2 Å². The van der Waals surface area contributed by atoms with E-state index in [0.717, 1.165) is 71.1 Å². The normalized spacial score (nSPS) is 16.7. The van der Waals surface area contributed by atoms with Crippen LogP contribution in [0.5, 0.6) is 11.6 Å². The zero-order chi connectivity index (χ0) is 27.2. The van der Waals surface area contributed by atoms with Gasteiger partial charge in [0.05, 0.1) is 36.6 Å².